The van der Waals surface area contributed by atoms with E-state index in [0.29, 0.717) is 27.1 Å². The number of carbonyl (C=O) groups excluding carboxylic acids is 3. The summed E-state index contributed by atoms with van der Waals surface area (Å²) in [4.78, 5) is 36.5. The largest absolute Gasteiger partial charge is 0.358 e. The van der Waals surface area contributed by atoms with Crippen LogP contribution < -0.4 is 21.5 Å². The second-order valence-corrected chi connectivity index (χ2v) is 7.09. The molecule has 0 aromatic heterocycles. The molecular weight excluding hydrogens is 415 g/mol. The van der Waals surface area contributed by atoms with Gasteiger partial charge in [-0.15, -0.1) is 0 Å². The summed E-state index contributed by atoms with van der Waals surface area (Å²) in [7, 11) is 0. The van der Waals surface area contributed by atoms with Crippen molar-refractivity contribution >= 4 is 52.2 Å². The zero-order valence-corrected chi connectivity index (χ0v) is 16.7. The van der Waals surface area contributed by atoms with Gasteiger partial charge in [-0.1, -0.05) is 41.4 Å². The van der Waals surface area contributed by atoms with Gasteiger partial charge >= 0.3 is 0 Å². The molecule has 1 fully saturated rings. The highest BCUT2D eigenvalue weighted by Gasteiger charge is 2.29. The lowest BCUT2D eigenvalue weighted by Gasteiger charge is -2.14. The van der Waals surface area contributed by atoms with Crippen LogP contribution in [0, 0.1) is 0 Å². The zero-order valence-electron chi connectivity index (χ0n) is 15.2. The average Bonchev–Trinajstić information content (AvgIpc) is 3.03. The van der Waals surface area contributed by atoms with Crippen LogP contribution in [-0.4, -0.2) is 24.1 Å². The van der Waals surface area contributed by atoms with Crippen molar-refractivity contribution in [3.05, 3.63) is 69.8 Å². The highest BCUT2D eigenvalue weighted by molar-refractivity contribution is 6.33. The topological polar surface area (TPSA) is 99.3 Å². The maximum absolute atomic E-state index is 12.2. The average molecular weight is 433 g/mol. The molecular formula is C20H18Cl2N4O3. The van der Waals surface area contributed by atoms with Gasteiger partial charge in [0.25, 0.3) is 5.91 Å². The molecule has 7 nitrogen and oxygen atoms in total. The third-order valence-electron chi connectivity index (χ3n) is 4.15. The van der Waals surface area contributed by atoms with Crippen LogP contribution in [-0.2, 0) is 14.4 Å². The smallest absolute Gasteiger partial charge is 0.257 e. The van der Waals surface area contributed by atoms with Crippen LogP contribution in [0.15, 0.2) is 59.8 Å². The molecule has 2 aromatic rings. The Kier molecular flexibility index (Phi) is 6.74. The van der Waals surface area contributed by atoms with Crippen molar-refractivity contribution in [2.75, 3.05) is 17.3 Å². The van der Waals surface area contributed by atoms with E-state index in [1.165, 1.54) is 0 Å². The van der Waals surface area contributed by atoms with Gasteiger partial charge in [0, 0.05) is 22.8 Å². The van der Waals surface area contributed by atoms with Gasteiger partial charge in [0.15, 0.2) is 5.78 Å². The molecule has 0 radical (unpaired) electrons. The Hall–Kier alpha value is -3.03. The molecule has 0 saturated carbocycles. The lowest BCUT2D eigenvalue weighted by atomic mass is 10.1. The minimum atomic E-state index is -0.464. The summed E-state index contributed by atoms with van der Waals surface area (Å²) in [6, 6.07) is 13.8. The molecule has 0 spiro atoms. The second kappa shape index (κ2) is 9.45. The van der Waals surface area contributed by atoms with Crippen molar-refractivity contribution < 1.29 is 14.4 Å². The van der Waals surface area contributed by atoms with E-state index in [0.717, 1.165) is 0 Å². The Morgan fingerprint density at radius 2 is 1.83 bits per heavy atom. The molecule has 0 aliphatic carbocycles. The van der Waals surface area contributed by atoms with Crippen LogP contribution in [0.2, 0.25) is 10.0 Å². The zero-order chi connectivity index (χ0) is 20.8. The normalized spacial score (nSPS) is 15.0. The Labute approximate surface area is 177 Å². The predicted octanol–water partition coefficient (Wildman–Crippen LogP) is 3.28. The van der Waals surface area contributed by atoms with Crippen molar-refractivity contribution in [1.82, 2.24) is 10.7 Å². The van der Waals surface area contributed by atoms with Crippen LogP contribution in [0.1, 0.15) is 12.8 Å². The van der Waals surface area contributed by atoms with Crippen LogP contribution >= 0.6 is 23.2 Å². The third-order valence-corrected chi connectivity index (χ3v) is 4.71. The lowest BCUT2D eigenvalue weighted by molar-refractivity contribution is -0.121. The Balaban J connectivity index is 1.69. The van der Waals surface area contributed by atoms with Crippen LogP contribution in [0.25, 0.3) is 0 Å². The van der Waals surface area contributed by atoms with Gasteiger partial charge in [-0.25, -0.2) is 0 Å². The van der Waals surface area contributed by atoms with E-state index in [4.69, 9.17) is 23.2 Å². The number of rotatable bonds is 7. The van der Waals surface area contributed by atoms with Gasteiger partial charge in [-0.3, -0.25) is 25.2 Å². The van der Waals surface area contributed by atoms with Gasteiger partial charge in [0.2, 0.25) is 5.91 Å². The first-order valence-electron chi connectivity index (χ1n) is 8.80. The number of hydrogen-bond acceptors (Lipinski definition) is 5. The molecule has 2 aromatic carbocycles. The van der Waals surface area contributed by atoms with E-state index < -0.39 is 5.91 Å². The summed E-state index contributed by atoms with van der Waals surface area (Å²) in [5, 5.41) is 6.52. The first kappa shape index (κ1) is 20.7. The number of nitrogens with one attached hydrogen (secondary N) is 4. The molecule has 1 aliphatic heterocycles. The number of Topliss-reactive ketones (excluding diaryl/α,β-unsaturated/α-hetero) is 1. The summed E-state index contributed by atoms with van der Waals surface area (Å²) in [6.45, 7) is -0.0604. The minimum Gasteiger partial charge on any atom is -0.358 e. The van der Waals surface area contributed by atoms with Gasteiger partial charge in [0.1, 0.15) is 5.57 Å². The monoisotopic (exact) mass is 432 g/mol. The number of amides is 2. The van der Waals surface area contributed by atoms with E-state index in [2.05, 4.69) is 21.5 Å². The summed E-state index contributed by atoms with van der Waals surface area (Å²) < 4.78 is 0. The fraction of sp³-hybridized carbons (Fsp3) is 0.150. The first-order valence-corrected chi connectivity index (χ1v) is 9.56. The molecule has 1 aliphatic rings. The molecule has 29 heavy (non-hydrogen) atoms. The SMILES string of the molecule is O=C(CCC(Nc1cccc(Cl)c1)=C1C(=O)CNC1=O)NNc1ccccc1Cl. The maximum Gasteiger partial charge on any atom is 0.257 e. The second-order valence-electron chi connectivity index (χ2n) is 6.25. The van der Waals surface area contributed by atoms with Gasteiger partial charge < -0.3 is 10.6 Å². The van der Waals surface area contributed by atoms with Crippen LogP contribution in [0.3, 0.4) is 0 Å². The molecule has 1 saturated heterocycles. The standard InChI is InChI=1S/C20H18Cl2N4O3/c21-12-4-3-5-13(10-12)24-16(19-17(27)11-23-20(19)29)8-9-18(28)26-25-15-7-2-1-6-14(15)22/h1-7,10,24-25H,8-9,11H2,(H,23,29)(H,26,28). The third kappa shape index (κ3) is 5.49. The van der Waals surface area contributed by atoms with E-state index in [1.54, 1.807) is 48.5 Å². The molecule has 150 valence electrons. The molecule has 2 amide bonds. The van der Waals surface area contributed by atoms with E-state index in [1.807, 2.05) is 0 Å². The fourth-order valence-corrected chi connectivity index (χ4v) is 3.13. The van der Waals surface area contributed by atoms with Crippen LogP contribution in [0.4, 0.5) is 11.4 Å². The van der Waals surface area contributed by atoms with Crippen molar-refractivity contribution in [3.8, 4) is 0 Å². The number of ketones is 1. The van der Waals surface area contributed by atoms with E-state index in [9.17, 15) is 14.4 Å². The van der Waals surface area contributed by atoms with Crippen molar-refractivity contribution in [2.24, 2.45) is 0 Å². The first-order chi connectivity index (χ1) is 13.9. The number of anilines is 2. The van der Waals surface area contributed by atoms with Gasteiger partial charge in [-0.05, 0) is 36.8 Å². The lowest BCUT2D eigenvalue weighted by Crippen LogP contribution is -2.29. The highest BCUT2D eigenvalue weighted by Crippen LogP contribution is 2.22. The number of para-hydroxylation sites is 1. The summed E-state index contributed by atoms with van der Waals surface area (Å²) in [6.07, 6.45) is 0.182. The van der Waals surface area contributed by atoms with E-state index >= 15 is 0 Å². The quantitative estimate of drug-likeness (QED) is 0.305. The number of carbonyl (C=O) groups is 3. The number of hydrogen-bond donors (Lipinski definition) is 4. The summed E-state index contributed by atoms with van der Waals surface area (Å²) in [5.41, 5.74) is 6.86. The molecule has 4 N–H and O–H groups in total. The molecule has 0 atom stereocenters. The fourth-order valence-electron chi connectivity index (χ4n) is 2.76. The van der Waals surface area contributed by atoms with Gasteiger partial charge in [-0.2, -0.15) is 0 Å². The Morgan fingerprint density at radius 3 is 2.52 bits per heavy atom. The molecule has 0 bridgehead atoms. The number of hydrazine groups is 1. The highest BCUT2D eigenvalue weighted by atomic mass is 35.5. The van der Waals surface area contributed by atoms with E-state index in [-0.39, 0.29) is 36.6 Å². The summed E-state index contributed by atoms with van der Waals surface area (Å²) >= 11 is 12.0. The predicted molar refractivity (Wildman–Crippen MR) is 113 cm³/mol. The van der Waals surface area contributed by atoms with Crippen LogP contribution in [0.5, 0.6) is 0 Å². The van der Waals surface area contributed by atoms with Crippen molar-refractivity contribution in [1.29, 1.82) is 0 Å². The molecule has 1 heterocycles. The van der Waals surface area contributed by atoms with Crippen molar-refractivity contribution in [3.63, 3.8) is 0 Å². The molecule has 9 heteroatoms. The number of halogens is 2. The maximum atomic E-state index is 12.2. The number of allylic oxidation sites excluding steroid dienone is 1. The number of benzene rings is 2. The molecule has 3 rings (SSSR count). The minimum absolute atomic E-state index is 0.0249. The Bertz CT molecular complexity index is 973. The van der Waals surface area contributed by atoms with Crippen molar-refractivity contribution in [2.45, 2.75) is 12.8 Å². The summed E-state index contributed by atoms with van der Waals surface area (Å²) in [5.74, 6) is -1.12. The Morgan fingerprint density at radius 1 is 1.03 bits per heavy atom. The van der Waals surface area contributed by atoms with Gasteiger partial charge in [0.05, 0.1) is 17.3 Å². The molecule has 0 unspecified atom stereocenters.